The minimum Gasteiger partial charge on any atom is -0.491 e. The second kappa shape index (κ2) is 17.0. The predicted molar refractivity (Wildman–Crippen MR) is 113 cm³/mol. The molecule has 0 radical (unpaired) electrons. The molecule has 156 valence electrons. The number of hydrogen-bond donors (Lipinski definition) is 0. The molecule has 0 unspecified atom stereocenters. The summed E-state index contributed by atoms with van der Waals surface area (Å²) in [7, 11) is 1.61. The molecular weight excluding hydrogens is 339 g/mol. The summed E-state index contributed by atoms with van der Waals surface area (Å²) in [5.41, 5.74) is 0.832. The molecule has 0 spiro atoms. The van der Waals surface area contributed by atoms with Gasteiger partial charge in [0.1, 0.15) is 0 Å². The van der Waals surface area contributed by atoms with E-state index in [1.807, 2.05) is 6.07 Å². The molecule has 0 fully saturated rings. The minimum absolute atomic E-state index is 0.296. The molecule has 27 heavy (non-hydrogen) atoms. The van der Waals surface area contributed by atoms with Crippen LogP contribution in [0.15, 0.2) is 18.2 Å². The van der Waals surface area contributed by atoms with Crippen molar-refractivity contribution in [3.8, 4) is 5.75 Å². The van der Waals surface area contributed by atoms with Crippen LogP contribution in [0.5, 0.6) is 5.75 Å². The van der Waals surface area contributed by atoms with Gasteiger partial charge in [0.25, 0.3) is 0 Å². The summed E-state index contributed by atoms with van der Waals surface area (Å²) in [5.74, 6) is 0.0551. The molecule has 2 nitrogen and oxygen atoms in total. The average Bonchev–Trinajstić information content (AvgIpc) is 2.66. The Balaban J connectivity index is 1.88. The molecule has 0 bridgehead atoms. The molecule has 1 aromatic carbocycles. The number of benzene rings is 1. The monoisotopic (exact) mass is 380 g/mol. The van der Waals surface area contributed by atoms with Gasteiger partial charge in [0, 0.05) is 7.11 Å². The van der Waals surface area contributed by atoms with Crippen molar-refractivity contribution in [3.63, 3.8) is 0 Å². The molecule has 0 N–H and O–H groups in total. The van der Waals surface area contributed by atoms with Crippen LogP contribution >= 0.6 is 0 Å². The lowest BCUT2D eigenvalue weighted by Crippen LogP contribution is -2.00. The SMILES string of the molecule is CCCCCCCCCCCCCCCCOc1ccc(COC)cc1F. The maximum Gasteiger partial charge on any atom is 0.165 e. The van der Waals surface area contributed by atoms with Gasteiger partial charge in [-0.15, -0.1) is 0 Å². The highest BCUT2D eigenvalue weighted by atomic mass is 19.1. The van der Waals surface area contributed by atoms with Gasteiger partial charge in [-0.25, -0.2) is 4.39 Å². The molecule has 0 atom stereocenters. The highest BCUT2D eigenvalue weighted by Crippen LogP contribution is 2.19. The average molecular weight is 381 g/mol. The van der Waals surface area contributed by atoms with Gasteiger partial charge < -0.3 is 9.47 Å². The van der Waals surface area contributed by atoms with E-state index in [0.29, 0.717) is 19.0 Å². The van der Waals surface area contributed by atoms with Crippen LogP contribution < -0.4 is 4.74 Å². The number of ether oxygens (including phenoxy) is 2. The quantitative estimate of drug-likeness (QED) is 0.242. The Bertz CT molecular complexity index is 462. The van der Waals surface area contributed by atoms with Gasteiger partial charge in [-0.1, -0.05) is 96.5 Å². The maximum absolute atomic E-state index is 13.9. The van der Waals surface area contributed by atoms with Crippen molar-refractivity contribution in [3.05, 3.63) is 29.6 Å². The first kappa shape index (κ1) is 23.9. The predicted octanol–water partition coefficient (Wildman–Crippen LogP) is 7.83. The van der Waals surface area contributed by atoms with Crippen LogP contribution in [0.3, 0.4) is 0 Å². The van der Waals surface area contributed by atoms with Crippen molar-refractivity contribution < 1.29 is 13.9 Å². The van der Waals surface area contributed by atoms with Crippen LogP contribution in [0.1, 0.15) is 102 Å². The van der Waals surface area contributed by atoms with Crippen LogP contribution in [-0.4, -0.2) is 13.7 Å². The Morgan fingerprint density at radius 3 is 1.74 bits per heavy atom. The topological polar surface area (TPSA) is 18.5 Å². The number of methoxy groups -OCH3 is 1. The molecule has 1 aromatic rings. The Kier molecular flexibility index (Phi) is 15.1. The highest BCUT2D eigenvalue weighted by Gasteiger charge is 2.04. The van der Waals surface area contributed by atoms with Crippen LogP contribution in [0.25, 0.3) is 0 Å². The molecule has 0 amide bonds. The summed E-state index contributed by atoms with van der Waals surface area (Å²) in [4.78, 5) is 0. The summed E-state index contributed by atoms with van der Waals surface area (Å²) in [6.45, 7) is 3.30. The van der Waals surface area contributed by atoms with Crippen molar-refractivity contribution >= 4 is 0 Å². The zero-order valence-electron chi connectivity index (χ0n) is 17.7. The van der Waals surface area contributed by atoms with E-state index in [0.717, 1.165) is 12.0 Å². The molecular formula is C24H41FO2. The van der Waals surface area contributed by atoms with Gasteiger partial charge in [-0.05, 0) is 24.1 Å². The molecule has 0 aliphatic carbocycles. The smallest absolute Gasteiger partial charge is 0.165 e. The van der Waals surface area contributed by atoms with Crippen molar-refractivity contribution in [2.45, 2.75) is 103 Å². The molecule has 0 heterocycles. The Morgan fingerprint density at radius 1 is 0.741 bits per heavy atom. The van der Waals surface area contributed by atoms with Gasteiger partial charge in [-0.3, -0.25) is 0 Å². The lowest BCUT2D eigenvalue weighted by molar-refractivity contribution is 0.184. The third-order valence-corrected chi connectivity index (χ3v) is 5.06. The number of rotatable bonds is 18. The number of hydrogen-bond acceptors (Lipinski definition) is 2. The van der Waals surface area contributed by atoms with Crippen molar-refractivity contribution in [2.75, 3.05) is 13.7 Å². The molecule has 3 heteroatoms. The lowest BCUT2D eigenvalue weighted by Gasteiger charge is -2.08. The van der Waals surface area contributed by atoms with Gasteiger partial charge >= 0.3 is 0 Å². The Labute approximate surface area is 166 Å². The summed E-state index contributed by atoms with van der Waals surface area (Å²) in [6, 6.07) is 5.05. The zero-order chi connectivity index (χ0) is 19.6. The van der Waals surface area contributed by atoms with E-state index < -0.39 is 0 Å². The molecule has 0 aliphatic rings. The second-order valence-electron chi connectivity index (χ2n) is 7.64. The first-order valence-electron chi connectivity index (χ1n) is 11.2. The molecule has 1 rings (SSSR count). The van der Waals surface area contributed by atoms with Crippen LogP contribution in [0, 0.1) is 5.82 Å². The normalized spacial score (nSPS) is 11.1. The van der Waals surface area contributed by atoms with Crippen LogP contribution in [-0.2, 0) is 11.3 Å². The highest BCUT2D eigenvalue weighted by molar-refractivity contribution is 5.29. The van der Waals surface area contributed by atoms with Crippen molar-refractivity contribution in [2.24, 2.45) is 0 Å². The van der Waals surface area contributed by atoms with Crippen LogP contribution in [0.4, 0.5) is 4.39 Å². The van der Waals surface area contributed by atoms with Gasteiger partial charge in [0.2, 0.25) is 0 Å². The van der Waals surface area contributed by atoms with E-state index in [2.05, 4.69) is 6.92 Å². The number of unbranched alkanes of at least 4 members (excludes halogenated alkanes) is 13. The molecule has 0 saturated carbocycles. The summed E-state index contributed by atoms with van der Waals surface area (Å²) in [6.07, 6.45) is 18.7. The van der Waals surface area contributed by atoms with Crippen molar-refractivity contribution in [1.82, 2.24) is 0 Å². The van der Waals surface area contributed by atoms with E-state index in [9.17, 15) is 4.39 Å². The fourth-order valence-electron chi connectivity index (χ4n) is 3.40. The fraction of sp³-hybridized carbons (Fsp3) is 0.750. The molecule has 0 saturated heterocycles. The second-order valence-corrected chi connectivity index (χ2v) is 7.64. The Hall–Kier alpha value is -1.09. The fourth-order valence-corrected chi connectivity index (χ4v) is 3.40. The summed E-state index contributed by atoms with van der Waals surface area (Å²) >= 11 is 0. The molecule has 0 aliphatic heterocycles. The van der Waals surface area contributed by atoms with E-state index in [-0.39, 0.29) is 5.82 Å². The Morgan fingerprint density at radius 2 is 1.26 bits per heavy atom. The first-order chi connectivity index (χ1) is 13.3. The third kappa shape index (κ3) is 12.8. The summed E-state index contributed by atoms with van der Waals surface area (Å²) < 4.78 is 24.4. The first-order valence-corrected chi connectivity index (χ1v) is 11.2. The zero-order valence-corrected chi connectivity index (χ0v) is 17.7. The van der Waals surface area contributed by atoms with E-state index in [4.69, 9.17) is 9.47 Å². The van der Waals surface area contributed by atoms with Gasteiger partial charge in [0.15, 0.2) is 11.6 Å². The largest absolute Gasteiger partial charge is 0.491 e. The standard InChI is InChI=1S/C24H41FO2/c1-3-4-5-6-7-8-9-10-11-12-13-14-15-16-19-27-24-18-17-22(21-26-2)20-23(24)25/h17-18,20H,3-16,19,21H2,1-2H3. The summed E-state index contributed by atoms with van der Waals surface area (Å²) in [5, 5.41) is 0. The van der Waals surface area contributed by atoms with Crippen LogP contribution in [0.2, 0.25) is 0 Å². The third-order valence-electron chi connectivity index (χ3n) is 5.06. The van der Waals surface area contributed by atoms with Gasteiger partial charge in [-0.2, -0.15) is 0 Å². The van der Waals surface area contributed by atoms with E-state index in [1.165, 1.54) is 89.5 Å². The minimum atomic E-state index is -0.296. The number of halogens is 1. The lowest BCUT2D eigenvalue weighted by atomic mass is 10.0. The maximum atomic E-state index is 13.9. The van der Waals surface area contributed by atoms with Crippen molar-refractivity contribution in [1.29, 1.82) is 0 Å². The van der Waals surface area contributed by atoms with E-state index in [1.54, 1.807) is 13.2 Å². The van der Waals surface area contributed by atoms with E-state index >= 15 is 0 Å². The van der Waals surface area contributed by atoms with Gasteiger partial charge in [0.05, 0.1) is 13.2 Å². The molecule has 0 aromatic heterocycles.